The maximum Gasteiger partial charge on any atom is -0.0320 e. The third-order valence-electron chi connectivity index (χ3n) is 2.37. The van der Waals surface area contributed by atoms with Crippen LogP contribution in [0.25, 0.3) is 0 Å². The average Bonchev–Trinajstić information content (AvgIpc) is 1.86. The first-order valence-electron chi connectivity index (χ1n) is 4.63. The molecule has 0 saturated heterocycles. The molecule has 0 aromatic heterocycles. The van der Waals surface area contributed by atoms with Crippen LogP contribution >= 0.6 is 0 Å². The number of hydrogen-bond acceptors (Lipinski definition) is 0. The van der Waals surface area contributed by atoms with E-state index >= 15 is 0 Å². The van der Waals surface area contributed by atoms with Crippen molar-refractivity contribution < 1.29 is 0 Å². The van der Waals surface area contributed by atoms with Gasteiger partial charge in [0, 0.05) is 0 Å². The molecule has 11 heavy (non-hydrogen) atoms. The second-order valence-corrected chi connectivity index (χ2v) is 4.38. The van der Waals surface area contributed by atoms with E-state index < -0.39 is 0 Å². The van der Waals surface area contributed by atoms with Gasteiger partial charge in [0.2, 0.25) is 0 Å². The zero-order valence-electron chi connectivity index (χ0n) is 8.65. The first-order valence-corrected chi connectivity index (χ1v) is 4.63. The van der Waals surface area contributed by atoms with Crippen LogP contribution in [0.5, 0.6) is 0 Å². The highest BCUT2D eigenvalue weighted by atomic mass is 14.2. The van der Waals surface area contributed by atoms with Crippen molar-refractivity contribution in [1.82, 2.24) is 0 Å². The van der Waals surface area contributed by atoms with Crippen molar-refractivity contribution in [1.29, 1.82) is 0 Å². The monoisotopic (exact) mass is 154 g/mol. The lowest BCUT2D eigenvalue weighted by atomic mass is 9.80. The summed E-state index contributed by atoms with van der Waals surface area (Å²) >= 11 is 0. The van der Waals surface area contributed by atoms with Gasteiger partial charge in [-0.05, 0) is 24.2 Å². The lowest BCUT2D eigenvalue weighted by molar-refractivity contribution is 0.264. The largest absolute Gasteiger partial charge is 0.0888 e. The number of rotatable bonds is 3. The van der Waals surface area contributed by atoms with Crippen molar-refractivity contribution in [2.75, 3.05) is 0 Å². The predicted molar refractivity (Wildman–Crippen MR) is 52.7 cm³/mol. The SMILES string of the molecule is CC/C=C\CC(C)C(C)(C)C. The van der Waals surface area contributed by atoms with Crippen LogP contribution in [0.4, 0.5) is 0 Å². The third kappa shape index (κ3) is 5.06. The van der Waals surface area contributed by atoms with Crippen molar-refractivity contribution >= 4 is 0 Å². The Morgan fingerprint density at radius 1 is 1.18 bits per heavy atom. The van der Waals surface area contributed by atoms with Crippen LogP contribution in [0.2, 0.25) is 0 Å². The van der Waals surface area contributed by atoms with E-state index in [4.69, 9.17) is 0 Å². The second kappa shape index (κ2) is 4.58. The molecule has 1 unspecified atom stereocenters. The van der Waals surface area contributed by atoms with E-state index in [0.29, 0.717) is 5.41 Å². The molecule has 0 aromatic carbocycles. The van der Waals surface area contributed by atoms with Crippen molar-refractivity contribution in [3.63, 3.8) is 0 Å². The summed E-state index contributed by atoms with van der Waals surface area (Å²) in [4.78, 5) is 0. The molecule has 0 N–H and O–H groups in total. The first kappa shape index (κ1) is 10.7. The van der Waals surface area contributed by atoms with E-state index in [0.717, 1.165) is 12.3 Å². The van der Waals surface area contributed by atoms with Crippen LogP contribution < -0.4 is 0 Å². The maximum absolute atomic E-state index is 2.32. The Bertz CT molecular complexity index is 114. The zero-order valence-corrected chi connectivity index (χ0v) is 8.65. The van der Waals surface area contributed by atoms with Gasteiger partial charge in [-0.2, -0.15) is 0 Å². The highest BCUT2D eigenvalue weighted by Crippen LogP contribution is 2.28. The zero-order chi connectivity index (χ0) is 8.91. The van der Waals surface area contributed by atoms with E-state index in [1.165, 1.54) is 6.42 Å². The Morgan fingerprint density at radius 2 is 1.73 bits per heavy atom. The first-order chi connectivity index (χ1) is 4.98. The molecule has 1 atom stereocenters. The summed E-state index contributed by atoms with van der Waals surface area (Å²) in [6.45, 7) is 11.4. The molecule has 0 aliphatic rings. The van der Waals surface area contributed by atoms with Gasteiger partial charge in [0.25, 0.3) is 0 Å². The standard InChI is InChI=1S/C11H22/c1-6-7-8-9-10(2)11(3,4)5/h7-8,10H,6,9H2,1-5H3/b8-7-. The minimum absolute atomic E-state index is 0.456. The Kier molecular flexibility index (Phi) is 4.48. The average molecular weight is 154 g/mol. The summed E-state index contributed by atoms with van der Waals surface area (Å²) in [5.41, 5.74) is 0.456. The van der Waals surface area contributed by atoms with Gasteiger partial charge >= 0.3 is 0 Å². The summed E-state index contributed by atoms with van der Waals surface area (Å²) < 4.78 is 0. The van der Waals surface area contributed by atoms with Gasteiger partial charge in [0.05, 0.1) is 0 Å². The van der Waals surface area contributed by atoms with E-state index in [2.05, 4.69) is 46.8 Å². The van der Waals surface area contributed by atoms with Gasteiger partial charge in [0.15, 0.2) is 0 Å². The topological polar surface area (TPSA) is 0 Å². The van der Waals surface area contributed by atoms with Crippen molar-refractivity contribution in [3.8, 4) is 0 Å². The molecular formula is C11H22. The Balaban J connectivity index is 3.69. The fraction of sp³-hybridized carbons (Fsp3) is 0.818. The molecular weight excluding hydrogens is 132 g/mol. The smallest absolute Gasteiger partial charge is 0.0320 e. The van der Waals surface area contributed by atoms with Crippen molar-refractivity contribution in [2.45, 2.75) is 47.5 Å². The summed E-state index contributed by atoms with van der Waals surface area (Å²) in [6.07, 6.45) is 6.94. The second-order valence-electron chi connectivity index (χ2n) is 4.38. The Morgan fingerprint density at radius 3 is 2.09 bits per heavy atom. The van der Waals surface area contributed by atoms with Gasteiger partial charge in [-0.25, -0.2) is 0 Å². The van der Waals surface area contributed by atoms with E-state index in [-0.39, 0.29) is 0 Å². The molecule has 0 aromatic rings. The van der Waals surface area contributed by atoms with Crippen molar-refractivity contribution in [2.24, 2.45) is 11.3 Å². The molecule has 66 valence electrons. The molecule has 0 heterocycles. The van der Waals surface area contributed by atoms with Gasteiger partial charge in [-0.3, -0.25) is 0 Å². The Hall–Kier alpha value is -0.260. The lowest BCUT2D eigenvalue weighted by Gasteiger charge is -2.25. The van der Waals surface area contributed by atoms with Crippen LogP contribution in [-0.2, 0) is 0 Å². The minimum atomic E-state index is 0.456. The predicted octanol–water partition coefficient (Wildman–Crippen LogP) is 4.02. The molecule has 0 radical (unpaired) electrons. The van der Waals surface area contributed by atoms with E-state index in [9.17, 15) is 0 Å². The number of hydrogen-bond donors (Lipinski definition) is 0. The third-order valence-corrected chi connectivity index (χ3v) is 2.37. The minimum Gasteiger partial charge on any atom is -0.0888 e. The highest BCUT2D eigenvalue weighted by Gasteiger charge is 2.17. The molecule has 0 nitrogen and oxygen atoms in total. The normalized spacial score (nSPS) is 15.7. The molecule has 0 heteroatoms. The summed E-state index contributed by atoms with van der Waals surface area (Å²) in [7, 11) is 0. The van der Waals surface area contributed by atoms with Crippen LogP contribution in [0.15, 0.2) is 12.2 Å². The van der Waals surface area contributed by atoms with E-state index in [1.54, 1.807) is 0 Å². The molecule has 0 bridgehead atoms. The van der Waals surface area contributed by atoms with Crippen LogP contribution in [0, 0.1) is 11.3 Å². The number of allylic oxidation sites excluding steroid dienone is 2. The molecule has 0 spiro atoms. The van der Waals surface area contributed by atoms with E-state index in [1.807, 2.05) is 0 Å². The lowest BCUT2D eigenvalue weighted by Crippen LogP contribution is -2.16. The van der Waals surface area contributed by atoms with Crippen LogP contribution in [-0.4, -0.2) is 0 Å². The van der Waals surface area contributed by atoms with Crippen LogP contribution in [0.3, 0.4) is 0 Å². The highest BCUT2D eigenvalue weighted by molar-refractivity contribution is 4.85. The molecule has 0 aliphatic heterocycles. The van der Waals surface area contributed by atoms with Gasteiger partial charge < -0.3 is 0 Å². The molecule has 0 saturated carbocycles. The summed E-state index contributed by atoms with van der Waals surface area (Å²) in [5.74, 6) is 0.783. The molecule has 0 aliphatic carbocycles. The maximum atomic E-state index is 2.32. The van der Waals surface area contributed by atoms with Crippen molar-refractivity contribution in [3.05, 3.63) is 12.2 Å². The summed E-state index contributed by atoms with van der Waals surface area (Å²) in [6, 6.07) is 0. The quantitative estimate of drug-likeness (QED) is 0.538. The van der Waals surface area contributed by atoms with Gasteiger partial charge in [0.1, 0.15) is 0 Å². The fourth-order valence-electron chi connectivity index (χ4n) is 0.821. The van der Waals surface area contributed by atoms with Gasteiger partial charge in [-0.15, -0.1) is 0 Å². The fourth-order valence-corrected chi connectivity index (χ4v) is 0.821. The Labute approximate surface area is 71.7 Å². The molecule has 0 rings (SSSR count). The summed E-state index contributed by atoms with van der Waals surface area (Å²) in [5, 5.41) is 0. The molecule has 0 fully saturated rings. The van der Waals surface area contributed by atoms with Crippen LogP contribution in [0.1, 0.15) is 47.5 Å². The molecule has 0 amide bonds. The van der Waals surface area contributed by atoms with Gasteiger partial charge in [-0.1, -0.05) is 46.8 Å².